The van der Waals surface area contributed by atoms with Gasteiger partial charge in [0.1, 0.15) is 16.5 Å². The average Bonchev–Trinajstić information content (AvgIpc) is 3.28. The van der Waals surface area contributed by atoms with Crippen LogP contribution in [0.1, 0.15) is 20.7 Å². The molecule has 0 aliphatic rings. The van der Waals surface area contributed by atoms with E-state index in [0.29, 0.717) is 32.8 Å². The smallest absolute Gasteiger partial charge is 0.337 e. The van der Waals surface area contributed by atoms with Crippen LogP contribution >= 0.6 is 11.3 Å². The highest BCUT2D eigenvalue weighted by Gasteiger charge is 2.12. The Hall–Kier alpha value is -4.04. The minimum absolute atomic E-state index is 0.245. The second kappa shape index (κ2) is 9.19. The molecule has 0 atom stereocenters. The summed E-state index contributed by atoms with van der Waals surface area (Å²) < 4.78 is 10.6. The molecule has 7 nitrogen and oxygen atoms in total. The first-order valence-electron chi connectivity index (χ1n) is 9.29. The monoisotopic (exact) mass is 431 g/mol. The van der Waals surface area contributed by atoms with Gasteiger partial charge in [0.05, 0.1) is 12.7 Å². The topological polar surface area (TPSA) is 90.4 Å². The Morgan fingerprint density at radius 2 is 1.55 bits per heavy atom. The summed E-state index contributed by atoms with van der Waals surface area (Å²) in [5, 5.41) is 12.0. The van der Waals surface area contributed by atoms with Crippen molar-refractivity contribution >= 4 is 28.3 Å². The normalized spacial score (nSPS) is 10.4. The molecule has 0 fully saturated rings. The van der Waals surface area contributed by atoms with Gasteiger partial charge in [-0.25, -0.2) is 4.79 Å². The molecule has 31 heavy (non-hydrogen) atoms. The Bertz CT molecular complexity index is 1220. The number of anilines is 1. The minimum atomic E-state index is -0.432. The molecule has 3 aromatic carbocycles. The number of amides is 1. The van der Waals surface area contributed by atoms with E-state index in [4.69, 9.17) is 9.47 Å². The van der Waals surface area contributed by atoms with Crippen molar-refractivity contribution in [1.82, 2.24) is 10.2 Å². The molecule has 0 unspecified atom stereocenters. The van der Waals surface area contributed by atoms with Crippen molar-refractivity contribution in [2.24, 2.45) is 0 Å². The fourth-order valence-electron chi connectivity index (χ4n) is 2.78. The molecule has 0 saturated carbocycles. The van der Waals surface area contributed by atoms with Gasteiger partial charge in [0.15, 0.2) is 0 Å². The number of rotatable bonds is 6. The van der Waals surface area contributed by atoms with Crippen LogP contribution < -0.4 is 10.1 Å². The predicted molar refractivity (Wildman–Crippen MR) is 118 cm³/mol. The van der Waals surface area contributed by atoms with Crippen LogP contribution in [-0.4, -0.2) is 29.2 Å². The van der Waals surface area contributed by atoms with E-state index < -0.39 is 5.97 Å². The summed E-state index contributed by atoms with van der Waals surface area (Å²) in [6.07, 6.45) is 0. The number of benzene rings is 3. The molecule has 0 aliphatic heterocycles. The SMILES string of the molecule is COC(=O)c1cccc(Oc2cccc(-c3nnc(NC(=O)c4ccccc4)s3)c2)c1. The third-order valence-electron chi connectivity index (χ3n) is 4.25. The number of esters is 1. The number of ether oxygens (including phenoxy) is 2. The highest BCUT2D eigenvalue weighted by Crippen LogP contribution is 2.31. The molecule has 4 aromatic rings. The van der Waals surface area contributed by atoms with Gasteiger partial charge in [-0.1, -0.05) is 47.7 Å². The summed E-state index contributed by atoms with van der Waals surface area (Å²) in [6.45, 7) is 0. The van der Waals surface area contributed by atoms with Gasteiger partial charge in [0.25, 0.3) is 5.91 Å². The lowest BCUT2D eigenvalue weighted by atomic mass is 10.2. The van der Waals surface area contributed by atoms with Crippen LogP contribution in [0.2, 0.25) is 0 Å². The first-order chi connectivity index (χ1) is 15.1. The first-order valence-corrected chi connectivity index (χ1v) is 10.1. The van der Waals surface area contributed by atoms with Gasteiger partial charge in [-0.05, 0) is 42.5 Å². The maximum absolute atomic E-state index is 12.3. The lowest BCUT2D eigenvalue weighted by Gasteiger charge is -2.08. The number of hydrogen-bond donors (Lipinski definition) is 1. The Balaban J connectivity index is 1.49. The second-order valence-electron chi connectivity index (χ2n) is 6.38. The second-order valence-corrected chi connectivity index (χ2v) is 7.36. The average molecular weight is 431 g/mol. The fourth-order valence-corrected chi connectivity index (χ4v) is 3.52. The van der Waals surface area contributed by atoms with Crippen LogP contribution in [0.5, 0.6) is 11.5 Å². The largest absolute Gasteiger partial charge is 0.465 e. The van der Waals surface area contributed by atoms with Crippen molar-refractivity contribution in [1.29, 1.82) is 0 Å². The van der Waals surface area contributed by atoms with Crippen LogP contribution in [0, 0.1) is 0 Å². The Labute approximate surface area is 182 Å². The summed E-state index contributed by atoms with van der Waals surface area (Å²) in [5.74, 6) is 0.404. The number of hydrogen-bond acceptors (Lipinski definition) is 7. The summed E-state index contributed by atoms with van der Waals surface area (Å²) in [7, 11) is 1.33. The zero-order valence-corrected chi connectivity index (χ0v) is 17.3. The Kier molecular flexibility index (Phi) is 6.00. The van der Waals surface area contributed by atoms with Crippen LogP contribution in [0.25, 0.3) is 10.6 Å². The van der Waals surface area contributed by atoms with Crippen molar-refractivity contribution in [3.8, 4) is 22.1 Å². The molecule has 8 heteroatoms. The van der Waals surface area contributed by atoms with Gasteiger partial charge < -0.3 is 9.47 Å². The molecule has 0 spiro atoms. The number of aromatic nitrogens is 2. The molecule has 1 amide bonds. The molecule has 0 bridgehead atoms. The van der Waals surface area contributed by atoms with Gasteiger partial charge >= 0.3 is 5.97 Å². The lowest BCUT2D eigenvalue weighted by Crippen LogP contribution is -2.11. The van der Waals surface area contributed by atoms with E-state index in [1.54, 1.807) is 54.6 Å². The van der Waals surface area contributed by atoms with Crippen LogP contribution in [0.4, 0.5) is 5.13 Å². The van der Waals surface area contributed by atoms with Crippen LogP contribution in [0.3, 0.4) is 0 Å². The van der Waals surface area contributed by atoms with E-state index in [2.05, 4.69) is 15.5 Å². The summed E-state index contributed by atoms with van der Waals surface area (Å²) in [4.78, 5) is 24.0. The van der Waals surface area contributed by atoms with Crippen LogP contribution in [0.15, 0.2) is 78.9 Å². The standard InChI is InChI=1S/C23H17N3O4S/c1-29-22(28)17-10-6-12-19(14-17)30-18-11-5-9-16(13-18)21-25-26-23(31-21)24-20(27)15-7-3-2-4-8-15/h2-14H,1H3,(H,24,26,27). The van der Waals surface area contributed by atoms with Gasteiger partial charge in [0, 0.05) is 11.1 Å². The zero-order chi connectivity index (χ0) is 21.6. The van der Waals surface area contributed by atoms with Gasteiger partial charge in [-0.3, -0.25) is 10.1 Å². The molecule has 0 radical (unpaired) electrons. The van der Waals surface area contributed by atoms with E-state index in [1.165, 1.54) is 18.4 Å². The lowest BCUT2D eigenvalue weighted by molar-refractivity contribution is 0.0600. The maximum Gasteiger partial charge on any atom is 0.337 e. The highest BCUT2D eigenvalue weighted by atomic mass is 32.1. The molecular weight excluding hydrogens is 414 g/mol. The molecule has 0 saturated heterocycles. The molecule has 4 rings (SSSR count). The third kappa shape index (κ3) is 4.93. The van der Waals surface area contributed by atoms with Crippen molar-refractivity contribution < 1.29 is 19.1 Å². The Morgan fingerprint density at radius 1 is 0.839 bits per heavy atom. The van der Waals surface area contributed by atoms with E-state index >= 15 is 0 Å². The number of carbonyl (C=O) groups excluding carboxylic acids is 2. The summed E-state index contributed by atoms with van der Waals surface area (Å²) in [5.41, 5.74) is 1.74. The summed E-state index contributed by atoms with van der Waals surface area (Å²) in [6, 6.07) is 23.0. The van der Waals surface area contributed by atoms with E-state index in [9.17, 15) is 9.59 Å². The van der Waals surface area contributed by atoms with Gasteiger partial charge in [-0.2, -0.15) is 0 Å². The van der Waals surface area contributed by atoms with Crippen molar-refractivity contribution in [3.63, 3.8) is 0 Å². The van der Waals surface area contributed by atoms with Crippen LogP contribution in [-0.2, 0) is 4.74 Å². The predicted octanol–water partition coefficient (Wildman–Crippen LogP) is 5.04. The van der Waals surface area contributed by atoms with Gasteiger partial charge in [-0.15, -0.1) is 10.2 Å². The molecule has 0 aliphatic carbocycles. The van der Waals surface area contributed by atoms with Gasteiger partial charge in [0.2, 0.25) is 5.13 Å². The quantitative estimate of drug-likeness (QED) is 0.430. The molecule has 1 heterocycles. The van der Waals surface area contributed by atoms with Crippen molar-refractivity contribution in [3.05, 3.63) is 90.0 Å². The van der Waals surface area contributed by atoms with E-state index in [0.717, 1.165) is 5.56 Å². The van der Waals surface area contributed by atoms with E-state index in [1.807, 2.05) is 24.3 Å². The van der Waals surface area contributed by atoms with E-state index in [-0.39, 0.29) is 5.91 Å². The first kappa shape index (κ1) is 20.2. The molecule has 154 valence electrons. The number of carbonyl (C=O) groups is 2. The summed E-state index contributed by atoms with van der Waals surface area (Å²) >= 11 is 1.26. The fraction of sp³-hybridized carbons (Fsp3) is 0.0435. The van der Waals surface area contributed by atoms with Crippen molar-refractivity contribution in [2.75, 3.05) is 12.4 Å². The third-order valence-corrected chi connectivity index (χ3v) is 5.14. The molecule has 1 N–H and O–H groups in total. The molecule has 1 aromatic heterocycles. The van der Waals surface area contributed by atoms with Crippen molar-refractivity contribution in [2.45, 2.75) is 0 Å². The minimum Gasteiger partial charge on any atom is -0.465 e. The number of nitrogens with one attached hydrogen (secondary N) is 1. The highest BCUT2D eigenvalue weighted by molar-refractivity contribution is 7.18. The maximum atomic E-state index is 12.3. The number of nitrogens with zero attached hydrogens (tertiary/aromatic N) is 2. The Morgan fingerprint density at radius 3 is 2.32 bits per heavy atom. The zero-order valence-electron chi connectivity index (χ0n) is 16.4. The number of methoxy groups -OCH3 is 1. The molecular formula is C23H17N3O4S.